The van der Waals surface area contributed by atoms with E-state index in [1.54, 1.807) is 0 Å². The monoisotopic (exact) mass is 252 g/mol. The van der Waals surface area contributed by atoms with Crippen LogP contribution in [0.25, 0.3) is 0 Å². The van der Waals surface area contributed by atoms with Gasteiger partial charge in [-0.1, -0.05) is 61.0 Å². The highest BCUT2D eigenvalue weighted by Crippen LogP contribution is 2.25. The summed E-state index contributed by atoms with van der Waals surface area (Å²) in [5.41, 5.74) is 3.22. The van der Waals surface area contributed by atoms with Crippen molar-refractivity contribution in [2.24, 2.45) is 0 Å². The highest BCUT2D eigenvalue weighted by Gasteiger charge is 2.15. The van der Waals surface area contributed by atoms with Crippen molar-refractivity contribution in [2.75, 3.05) is 0 Å². The van der Waals surface area contributed by atoms with Crippen molar-refractivity contribution in [1.29, 1.82) is 0 Å². The lowest BCUT2D eigenvalue weighted by Gasteiger charge is -2.14. The standard InChI is InChI=1S/C18H20O/c1-3-15(16-9-5-4-6-10-16)13-18(19)17-11-7-8-14(2)12-17/h4-12,15H,3,13H2,1-2H3/t15-/m0/s1. The molecule has 0 aliphatic carbocycles. The lowest BCUT2D eigenvalue weighted by Crippen LogP contribution is -2.07. The van der Waals surface area contributed by atoms with E-state index in [0.717, 1.165) is 17.5 Å². The van der Waals surface area contributed by atoms with E-state index in [4.69, 9.17) is 0 Å². The van der Waals surface area contributed by atoms with Crippen molar-refractivity contribution in [3.05, 3.63) is 71.3 Å². The van der Waals surface area contributed by atoms with Gasteiger partial charge in [0.05, 0.1) is 0 Å². The number of carbonyl (C=O) groups is 1. The topological polar surface area (TPSA) is 17.1 Å². The number of aryl methyl sites for hydroxylation is 1. The van der Waals surface area contributed by atoms with Gasteiger partial charge in [0.2, 0.25) is 0 Å². The first-order valence-corrected chi connectivity index (χ1v) is 6.85. The molecule has 0 aliphatic heterocycles. The minimum absolute atomic E-state index is 0.236. The van der Waals surface area contributed by atoms with Crippen LogP contribution in [0.4, 0.5) is 0 Å². The maximum absolute atomic E-state index is 12.3. The molecule has 0 aromatic heterocycles. The molecule has 0 bridgehead atoms. The van der Waals surface area contributed by atoms with Crippen LogP contribution in [0, 0.1) is 6.92 Å². The van der Waals surface area contributed by atoms with Gasteiger partial charge in [0.15, 0.2) is 5.78 Å². The number of hydrogen-bond donors (Lipinski definition) is 0. The average molecular weight is 252 g/mol. The molecule has 0 aliphatic rings. The summed E-state index contributed by atoms with van der Waals surface area (Å²) in [6, 6.07) is 18.2. The van der Waals surface area contributed by atoms with Crippen LogP contribution < -0.4 is 0 Å². The van der Waals surface area contributed by atoms with Crippen molar-refractivity contribution < 1.29 is 4.79 Å². The first-order valence-electron chi connectivity index (χ1n) is 6.85. The molecule has 0 saturated carbocycles. The van der Waals surface area contributed by atoms with Gasteiger partial charge in [-0.2, -0.15) is 0 Å². The van der Waals surface area contributed by atoms with Crippen LogP contribution in [-0.2, 0) is 0 Å². The SMILES string of the molecule is CC[C@@H](CC(=O)c1cccc(C)c1)c1ccccc1. The summed E-state index contributed by atoms with van der Waals surface area (Å²) in [5, 5.41) is 0. The van der Waals surface area contributed by atoms with Crippen LogP contribution >= 0.6 is 0 Å². The van der Waals surface area contributed by atoms with Crippen LogP contribution in [0.3, 0.4) is 0 Å². The predicted octanol–water partition coefficient (Wildman–Crippen LogP) is 4.76. The summed E-state index contributed by atoms with van der Waals surface area (Å²) >= 11 is 0. The number of Topliss-reactive ketones (excluding diaryl/α,β-unsaturated/α-hetero) is 1. The molecule has 0 saturated heterocycles. The molecule has 1 nitrogen and oxygen atoms in total. The second kappa shape index (κ2) is 6.33. The molecule has 1 heteroatoms. The molecule has 0 heterocycles. The quantitative estimate of drug-likeness (QED) is 0.701. The third-order valence-corrected chi connectivity index (χ3v) is 3.54. The summed E-state index contributed by atoms with van der Waals surface area (Å²) in [6.07, 6.45) is 1.57. The van der Waals surface area contributed by atoms with Crippen molar-refractivity contribution in [3.63, 3.8) is 0 Å². The fourth-order valence-corrected chi connectivity index (χ4v) is 2.38. The maximum atomic E-state index is 12.3. The van der Waals surface area contributed by atoms with Gasteiger partial charge in [-0.15, -0.1) is 0 Å². The number of ketones is 1. The van der Waals surface area contributed by atoms with Gasteiger partial charge in [0.1, 0.15) is 0 Å². The third-order valence-electron chi connectivity index (χ3n) is 3.54. The van der Waals surface area contributed by atoms with E-state index in [1.165, 1.54) is 5.56 Å². The number of carbonyl (C=O) groups excluding carboxylic acids is 1. The predicted molar refractivity (Wildman–Crippen MR) is 79.6 cm³/mol. The summed E-state index contributed by atoms with van der Waals surface area (Å²) in [4.78, 5) is 12.3. The fourth-order valence-electron chi connectivity index (χ4n) is 2.38. The Labute approximate surface area is 115 Å². The molecule has 0 unspecified atom stereocenters. The Balaban J connectivity index is 2.13. The molecular weight excluding hydrogens is 232 g/mol. The highest BCUT2D eigenvalue weighted by molar-refractivity contribution is 5.96. The summed E-state index contributed by atoms with van der Waals surface area (Å²) in [7, 11) is 0. The van der Waals surface area contributed by atoms with E-state index in [9.17, 15) is 4.79 Å². The van der Waals surface area contributed by atoms with Gasteiger partial charge >= 0.3 is 0 Å². The van der Waals surface area contributed by atoms with Crippen molar-refractivity contribution >= 4 is 5.78 Å². The van der Waals surface area contributed by atoms with E-state index in [-0.39, 0.29) is 5.78 Å². The molecule has 2 aromatic rings. The Kier molecular flexibility index (Phi) is 4.51. The van der Waals surface area contributed by atoms with Gasteiger partial charge in [-0.25, -0.2) is 0 Å². The second-order valence-corrected chi connectivity index (χ2v) is 5.01. The van der Waals surface area contributed by atoms with Gasteiger partial charge in [-0.3, -0.25) is 4.79 Å². The lowest BCUT2D eigenvalue weighted by atomic mass is 9.89. The maximum Gasteiger partial charge on any atom is 0.163 e. The van der Waals surface area contributed by atoms with Crippen LogP contribution in [0.5, 0.6) is 0 Å². The summed E-state index contributed by atoms with van der Waals surface area (Å²) in [5.74, 6) is 0.550. The number of rotatable bonds is 5. The minimum atomic E-state index is 0.236. The van der Waals surface area contributed by atoms with Crippen LogP contribution in [-0.4, -0.2) is 5.78 Å². The fraction of sp³-hybridized carbons (Fsp3) is 0.278. The molecule has 0 spiro atoms. The summed E-state index contributed by atoms with van der Waals surface area (Å²) < 4.78 is 0. The molecule has 0 amide bonds. The lowest BCUT2D eigenvalue weighted by molar-refractivity contribution is 0.0972. The van der Waals surface area contributed by atoms with Gasteiger partial charge in [-0.05, 0) is 30.9 Å². The zero-order valence-electron chi connectivity index (χ0n) is 11.6. The Bertz CT molecular complexity index is 543. The molecule has 2 aromatic carbocycles. The van der Waals surface area contributed by atoms with E-state index < -0.39 is 0 Å². The van der Waals surface area contributed by atoms with Crippen LogP contribution in [0.15, 0.2) is 54.6 Å². The third kappa shape index (κ3) is 3.54. The van der Waals surface area contributed by atoms with Gasteiger partial charge in [0.25, 0.3) is 0 Å². The largest absolute Gasteiger partial charge is 0.294 e. The zero-order valence-corrected chi connectivity index (χ0v) is 11.6. The molecule has 98 valence electrons. The number of benzene rings is 2. The Morgan fingerprint density at radius 3 is 2.42 bits per heavy atom. The Hall–Kier alpha value is -1.89. The molecule has 2 rings (SSSR count). The van der Waals surface area contributed by atoms with Crippen LogP contribution in [0.1, 0.15) is 47.2 Å². The van der Waals surface area contributed by atoms with Crippen molar-refractivity contribution in [3.8, 4) is 0 Å². The van der Waals surface area contributed by atoms with Crippen molar-refractivity contribution in [2.45, 2.75) is 32.6 Å². The van der Waals surface area contributed by atoms with Crippen molar-refractivity contribution in [1.82, 2.24) is 0 Å². The average Bonchev–Trinajstić information content (AvgIpc) is 2.45. The number of hydrogen-bond acceptors (Lipinski definition) is 1. The molecule has 0 fully saturated rings. The molecule has 1 atom stereocenters. The smallest absolute Gasteiger partial charge is 0.163 e. The van der Waals surface area contributed by atoms with Crippen LogP contribution in [0.2, 0.25) is 0 Å². The second-order valence-electron chi connectivity index (χ2n) is 5.01. The molecule has 19 heavy (non-hydrogen) atoms. The van der Waals surface area contributed by atoms with E-state index in [2.05, 4.69) is 19.1 Å². The first-order chi connectivity index (χ1) is 9.20. The Morgan fingerprint density at radius 1 is 1.05 bits per heavy atom. The first kappa shape index (κ1) is 13.5. The molecule has 0 N–H and O–H groups in total. The molecule has 0 radical (unpaired) electrons. The normalized spacial score (nSPS) is 12.1. The van der Waals surface area contributed by atoms with Gasteiger partial charge in [0, 0.05) is 12.0 Å². The Morgan fingerprint density at radius 2 is 1.79 bits per heavy atom. The minimum Gasteiger partial charge on any atom is -0.294 e. The van der Waals surface area contributed by atoms with E-state index in [1.807, 2.05) is 49.4 Å². The zero-order chi connectivity index (χ0) is 13.7. The van der Waals surface area contributed by atoms with E-state index in [0.29, 0.717) is 12.3 Å². The summed E-state index contributed by atoms with van der Waals surface area (Å²) in [6.45, 7) is 4.16. The van der Waals surface area contributed by atoms with E-state index >= 15 is 0 Å². The highest BCUT2D eigenvalue weighted by atomic mass is 16.1. The van der Waals surface area contributed by atoms with Gasteiger partial charge < -0.3 is 0 Å². The molecular formula is C18H20O.